The molecule has 3 heteroatoms. The van der Waals surface area contributed by atoms with E-state index in [1.165, 1.54) is 5.56 Å². The molecule has 1 amide bonds. The summed E-state index contributed by atoms with van der Waals surface area (Å²) in [7, 11) is 2.00. The van der Waals surface area contributed by atoms with Crippen LogP contribution in [0, 0.1) is 11.8 Å². The third-order valence-electron chi connectivity index (χ3n) is 4.48. The topological polar surface area (TPSA) is 32.3 Å². The van der Waals surface area contributed by atoms with Gasteiger partial charge in [0.05, 0.1) is 6.42 Å². The maximum atomic E-state index is 12.4. The summed E-state index contributed by atoms with van der Waals surface area (Å²) in [5.41, 5.74) is 2.49. The monoisotopic (exact) mass is 302 g/mol. The summed E-state index contributed by atoms with van der Waals surface area (Å²) in [6, 6.07) is 8.57. The van der Waals surface area contributed by atoms with Crippen molar-refractivity contribution in [1.82, 2.24) is 10.2 Å². The molecule has 3 nitrogen and oxygen atoms in total. The largest absolute Gasteiger partial charge is 0.342 e. The lowest BCUT2D eigenvalue weighted by Crippen LogP contribution is -2.41. The first kappa shape index (κ1) is 17.0. The minimum atomic E-state index is 0.277. The number of likely N-dealkylation sites (tertiary alicyclic amines) is 1. The number of amides is 1. The summed E-state index contributed by atoms with van der Waals surface area (Å²) < 4.78 is 0. The Hall–Kier alpha value is -1.35. The third kappa shape index (κ3) is 5.13. The van der Waals surface area contributed by atoms with Crippen LogP contribution >= 0.6 is 0 Å². The van der Waals surface area contributed by atoms with Gasteiger partial charge in [0.15, 0.2) is 0 Å². The lowest BCUT2D eigenvalue weighted by Gasteiger charge is -2.32. The number of nitrogens with zero attached hydrogens (tertiary/aromatic N) is 1. The highest BCUT2D eigenvalue weighted by Gasteiger charge is 2.22. The summed E-state index contributed by atoms with van der Waals surface area (Å²) in [5, 5.41) is 3.24. The second-order valence-electron chi connectivity index (χ2n) is 6.97. The van der Waals surface area contributed by atoms with Gasteiger partial charge in [-0.25, -0.2) is 0 Å². The molecule has 1 aromatic carbocycles. The zero-order valence-electron chi connectivity index (χ0n) is 14.3. The first-order valence-electron chi connectivity index (χ1n) is 8.58. The molecule has 0 unspecified atom stereocenters. The first-order chi connectivity index (χ1) is 10.6. The van der Waals surface area contributed by atoms with Gasteiger partial charge in [-0.2, -0.15) is 0 Å². The molecule has 0 saturated carbocycles. The number of hydrogen-bond acceptors (Lipinski definition) is 2. The zero-order valence-corrected chi connectivity index (χ0v) is 14.3. The Labute approximate surface area is 135 Å². The van der Waals surface area contributed by atoms with E-state index in [0.717, 1.165) is 50.4 Å². The maximum Gasteiger partial charge on any atom is 0.226 e. The van der Waals surface area contributed by atoms with Crippen LogP contribution in [-0.2, 0) is 17.6 Å². The Morgan fingerprint density at radius 2 is 1.77 bits per heavy atom. The van der Waals surface area contributed by atoms with Gasteiger partial charge in [-0.1, -0.05) is 38.1 Å². The Morgan fingerprint density at radius 1 is 1.18 bits per heavy atom. The van der Waals surface area contributed by atoms with Crippen LogP contribution < -0.4 is 5.32 Å². The predicted molar refractivity (Wildman–Crippen MR) is 91.9 cm³/mol. The smallest absolute Gasteiger partial charge is 0.226 e. The zero-order chi connectivity index (χ0) is 15.9. The molecule has 1 heterocycles. The van der Waals surface area contributed by atoms with Crippen molar-refractivity contribution >= 4 is 5.91 Å². The Morgan fingerprint density at radius 3 is 2.32 bits per heavy atom. The quantitative estimate of drug-likeness (QED) is 0.876. The van der Waals surface area contributed by atoms with Crippen molar-refractivity contribution < 1.29 is 4.79 Å². The van der Waals surface area contributed by atoms with Gasteiger partial charge in [-0.15, -0.1) is 0 Å². The van der Waals surface area contributed by atoms with Gasteiger partial charge in [0.25, 0.3) is 0 Å². The van der Waals surface area contributed by atoms with Gasteiger partial charge in [0, 0.05) is 13.1 Å². The Kier molecular flexibility index (Phi) is 6.44. The number of carbonyl (C=O) groups excluding carboxylic acids is 1. The molecule has 1 aromatic rings. The molecule has 0 spiro atoms. The van der Waals surface area contributed by atoms with Crippen LogP contribution in [0.1, 0.15) is 37.8 Å². The molecule has 1 N–H and O–H groups in total. The highest BCUT2D eigenvalue weighted by molar-refractivity contribution is 5.78. The molecule has 1 saturated heterocycles. The molecule has 0 atom stereocenters. The van der Waals surface area contributed by atoms with Crippen molar-refractivity contribution in [1.29, 1.82) is 0 Å². The number of piperidine rings is 1. The van der Waals surface area contributed by atoms with Crippen LogP contribution in [0.15, 0.2) is 24.3 Å². The van der Waals surface area contributed by atoms with Gasteiger partial charge in [-0.3, -0.25) is 4.79 Å². The fraction of sp³-hybridized carbons (Fsp3) is 0.632. The van der Waals surface area contributed by atoms with Crippen LogP contribution in [-0.4, -0.2) is 37.5 Å². The van der Waals surface area contributed by atoms with Crippen molar-refractivity contribution in [3.05, 3.63) is 35.4 Å². The van der Waals surface area contributed by atoms with E-state index >= 15 is 0 Å². The summed E-state index contributed by atoms with van der Waals surface area (Å²) >= 11 is 0. The van der Waals surface area contributed by atoms with Gasteiger partial charge < -0.3 is 10.2 Å². The molecule has 0 bridgehead atoms. The van der Waals surface area contributed by atoms with E-state index in [4.69, 9.17) is 0 Å². The maximum absolute atomic E-state index is 12.4. The van der Waals surface area contributed by atoms with Crippen molar-refractivity contribution in [2.45, 2.75) is 39.5 Å². The lowest BCUT2D eigenvalue weighted by atomic mass is 9.96. The molecule has 0 aliphatic carbocycles. The molecule has 122 valence electrons. The standard InChI is InChI=1S/C19H30N2O/c1-15(2)12-16-4-6-17(7-5-16)13-19(22)21-10-8-18(9-11-21)14-20-3/h4-7,15,18,20H,8-14H2,1-3H3. The van der Waals surface area contributed by atoms with E-state index in [1.54, 1.807) is 0 Å². The van der Waals surface area contributed by atoms with Crippen LogP contribution in [0.5, 0.6) is 0 Å². The molecule has 2 rings (SSSR count). The van der Waals surface area contributed by atoms with Crippen molar-refractivity contribution in [3.63, 3.8) is 0 Å². The van der Waals surface area contributed by atoms with Crippen molar-refractivity contribution in [3.8, 4) is 0 Å². The molecule has 1 aliphatic heterocycles. The van der Waals surface area contributed by atoms with E-state index in [2.05, 4.69) is 43.4 Å². The van der Waals surface area contributed by atoms with Gasteiger partial charge >= 0.3 is 0 Å². The van der Waals surface area contributed by atoms with E-state index in [0.29, 0.717) is 12.3 Å². The number of hydrogen-bond donors (Lipinski definition) is 1. The third-order valence-corrected chi connectivity index (χ3v) is 4.48. The number of carbonyl (C=O) groups is 1. The number of nitrogens with one attached hydrogen (secondary N) is 1. The Bertz CT molecular complexity index is 459. The minimum absolute atomic E-state index is 0.277. The second kappa shape index (κ2) is 8.33. The summed E-state index contributed by atoms with van der Waals surface area (Å²) in [6.07, 6.45) is 3.89. The van der Waals surface area contributed by atoms with Crippen LogP contribution in [0.25, 0.3) is 0 Å². The lowest BCUT2D eigenvalue weighted by molar-refractivity contribution is -0.131. The molecular formula is C19H30N2O. The van der Waals surface area contributed by atoms with Gasteiger partial charge in [0.2, 0.25) is 5.91 Å². The first-order valence-corrected chi connectivity index (χ1v) is 8.58. The average molecular weight is 302 g/mol. The summed E-state index contributed by atoms with van der Waals surface area (Å²) in [6.45, 7) is 7.36. The highest BCUT2D eigenvalue weighted by Crippen LogP contribution is 2.18. The van der Waals surface area contributed by atoms with Crippen LogP contribution in [0.3, 0.4) is 0 Å². The van der Waals surface area contributed by atoms with Crippen molar-refractivity contribution in [2.75, 3.05) is 26.7 Å². The fourth-order valence-electron chi connectivity index (χ4n) is 3.23. The molecule has 22 heavy (non-hydrogen) atoms. The van der Waals surface area contributed by atoms with E-state index in [-0.39, 0.29) is 5.91 Å². The fourth-order valence-corrected chi connectivity index (χ4v) is 3.23. The van der Waals surface area contributed by atoms with Gasteiger partial charge in [0.1, 0.15) is 0 Å². The van der Waals surface area contributed by atoms with E-state index < -0.39 is 0 Å². The van der Waals surface area contributed by atoms with Crippen molar-refractivity contribution in [2.24, 2.45) is 11.8 Å². The van der Waals surface area contributed by atoms with Crippen LogP contribution in [0.2, 0.25) is 0 Å². The predicted octanol–water partition coefficient (Wildman–Crippen LogP) is 2.89. The minimum Gasteiger partial charge on any atom is -0.342 e. The summed E-state index contributed by atoms with van der Waals surface area (Å²) in [5.74, 6) is 1.68. The van der Waals surface area contributed by atoms with Gasteiger partial charge in [-0.05, 0) is 55.8 Å². The Balaban J connectivity index is 1.82. The molecule has 1 fully saturated rings. The molecule has 1 aliphatic rings. The number of rotatable bonds is 6. The average Bonchev–Trinajstić information content (AvgIpc) is 2.50. The highest BCUT2D eigenvalue weighted by atomic mass is 16.2. The number of benzene rings is 1. The van der Waals surface area contributed by atoms with E-state index in [1.807, 2.05) is 11.9 Å². The summed E-state index contributed by atoms with van der Waals surface area (Å²) in [4.78, 5) is 14.4. The normalized spacial score (nSPS) is 16.3. The SMILES string of the molecule is CNCC1CCN(C(=O)Cc2ccc(CC(C)C)cc2)CC1. The molecular weight excluding hydrogens is 272 g/mol. The van der Waals surface area contributed by atoms with E-state index in [9.17, 15) is 4.79 Å². The molecule has 0 radical (unpaired) electrons. The second-order valence-corrected chi connectivity index (χ2v) is 6.97. The van der Waals surface area contributed by atoms with Crippen LogP contribution in [0.4, 0.5) is 0 Å². The molecule has 0 aromatic heterocycles.